The molecule has 7 nitrogen and oxygen atoms in total. The lowest BCUT2D eigenvalue weighted by Crippen LogP contribution is -2.16. The summed E-state index contributed by atoms with van der Waals surface area (Å²) in [5.41, 5.74) is 0.650. The van der Waals surface area contributed by atoms with Gasteiger partial charge in [0.2, 0.25) is 0 Å². The number of hydrogen-bond donors (Lipinski definition) is 1. The Morgan fingerprint density at radius 3 is 2.62 bits per heavy atom. The van der Waals surface area contributed by atoms with Crippen LogP contribution in [0, 0.1) is 6.92 Å². The summed E-state index contributed by atoms with van der Waals surface area (Å²) in [5.74, 6) is -0.997. The van der Waals surface area contributed by atoms with E-state index in [4.69, 9.17) is 4.74 Å². The van der Waals surface area contributed by atoms with Crippen LogP contribution in [-0.4, -0.2) is 37.1 Å². The van der Waals surface area contributed by atoms with Crippen molar-refractivity contribution in [3.8, 4) is 0 Å². The number of amides is 1. The maximum atomic E-state index is 12.4. The van der Waals surface area contributed by atoms with Gasteiger partial charge in [0.1, 0.15) is 4.88 Å². The number of aromatic nitrogens is 1. The number of carbonyl (C=O) groups is 2. The van der Waals surface area contributed by atoms with Crippen molar-refractivity contribution in [3.05, 3.63) is 40.4 Å². The molecule has 0 aliphatic carbocycles. The average Bonchev–Trinajstić information content (AvgIpc) is 2.95. The van der Waals surface area contributed by atoms with Crippen LogP contribution in [0.5, 0.6) is 0 Å². The highest BCUT2D eigenvalue weighted by molar-refractivity contribution is 7.92. The van der Waals surface area contributed by atoms with Crippen molar-refractivity contribution in [2.75, 3.05) is 11.9 Å². The summed E-state index contributed by atoms with van der Waals surface area (Å²) < 4.78 is 29.5. The van der Waals surface area contributed by atoms with Gasteiger partial charge in [-0.1, -0.05) is 17.4 Å². The van der Waals surface area contributed by atoms with Crippen LogP contribution in [0.3, 0.4) is 0 Å². The molecule has 140 valence electrons. The van der Waals surface area contributed by atoms with Gasteiger partial charge in [0, 0.05) is 5.56 Å². The molecule has 2 rings (SSSR count). The molecule has 2 aromatic rings. The van der Waals surface area contributed by atoms with E-state index in [9.17, 15) is 18.0 Å². The van der Waals surface area contributed by atoms with E-state index in [0.717, 1.165) is 11.3 Å². The highest BCUT2D eigenvalue weighted by Gasteiger charge is 2.21. The number of carbonyl (C=O) groups excluding carboxylic acids is 2. The van der Waals surface area contributed by atoms with Gasteiger partial charge >= 0.3 is 5.97 Å². The summed E-state index contributed by atoms with van der Waals surface area (Å²) in [4.78, 5) is 28.8. The number of aryl methyl sites for hydroxylation is 1. The Kier molecular flexibility index (Phi) is 6.14. The normalized spacial score (nSPS) is 11.4. The van der Waals surface area contributed by atoms with Crippen LogP contribution in [0.4, 0.5) is 5.13 Å². The number of benzene rings is 1. The highest BCUT2D eigenvalue weighted by atomic mass is 32.2. The standard InChI is InChI=1S/C17H20N2O5S2/c1-5-24-16(21)14-11(4)18-17(25-14)19-15(20)12-7-6-8-13(9-12)26(22,23)10(2)3/h6-10H,5H2,1-4H3,(H,18,19,20). The molecule has 0 fully saturated rings. The van der Waals surface area contributed by atoms with Crippen LogP contribution in [0.15, 0.2) is 29.2 Å². The first-order chi connectivity index (χ1) is 12.2. The van der Waals surface area contributed by atoms with Crippen molar-refractivity contribution in [3.63, 3.8) is 0 Å². The van der Waals surface area contributed by atoms with E-state index in [1.807, 2.05) is 0 Å². The Morgan fingerprint density at radius 1 is 1.31 bits per heavy atom. The number of sulfone groups is 1. The van der Waals surface area contributed by atoms with E-state index < -0.39 is 27.0 Å². The van der Waals surface area contributed by atoms with E-state index in [1.54, 1.807) is 27.7 Å². The Balaban J connectivity index is 2.24. The number of anilines is 1. The fourth-order valence-electron chi connectivity index (χ4n) is 2.09. The third kappa shape index (κ3) is 4.28. The second kappa shape index (κ2) is 7.96. The monoisotopic (exact) mass is 396 g/mol. The lowest BCUT2D eigenvalue weighted by atomic mass is 10.2. The van der Waals surface area contributed by atoms with Gasteiger partial charge in [-0.05, 0) is 45.9 Å². The fourth-order valence-corrected chi connectivity index (χ4v) is 4.05. The molecule has 0 bridgehead atoms. The molecule has 0 spiro atoms. The molecule has 1 heterocycles. The maximum absolute atomic E-state index is 12.4. The van der Waals surface area contributed by atoms with Gasteiger partial charge in [0.25, 0.3) is 5.91 Å². The largest absolute Gasteiger partial charge is 0.462 e. The summed E-state index contributed by atoms with van der Waals surface area (Å²) in [7, 11) is -3.48. The minimum Gasteiger partial charge on any atom is -0.462 e. The van der Waals surface area contributed by atoms with Gasteiger partial charge in [0.15, 0.2) is 15.0 Å². The third-order valence-electron chi connectivity index (χ3n) is 3.52. The summed E-state index contributed by atoms with van der Waals surface area (Å²) in [6, 6.07) is 5.82. The van der Waals surface area contributed by atoms with Crippen molar-refractivity contribution in [1.29, 1.82) is 0 Å². The highest BCUT2D eigenvalue weighted by Crippen LogP contribution is 2.24. The summed E-state index contributed by atoms with van der Waals surface area (Å²) in [6.45, 7) is 6.76. The van der Waals surface area contributed by atoms with E-state index in [-0.39, 0.29) is 22.2 Å². The molecule has 0 unspecified atom stereocenters. The molecule has 0 saturated heterocycles. The number of ether oxygens (including phenoxy) is 1. The van der Waals surface area contributed by atoms with Crippen LogP contribution in [-0.2, 0) is 14.6 Å². The van der Waals surface area contributed by atoms with Crippen molar-refractivity contribution in [2.45, 2.75) is 37.8 Å². The minimum atomic E-state index is -3.48. The van der Waals surface area contributed by atoms with Gasteiger partial charge in [-0.3, -0.25) is 10.1 Å². The Hall–Kier alpha value is -2.26. The minimum absolute atomic E-state index is 0.0858. The Labute approximate surface area is 156 Å². The van der Waals surface area contributed by atoms with Crippen LogP contribution in [0.2, 0.25) is 0 Å². The first-order valence-corrected chi connectivity index (χ1v) is 10.3. The van der Waals surface area contributed by atoms with Crippen molar-refractivity contribution < 1.29 is 22.7 Å². The van der Waals surface area contributed by atoms with E-state index in [1.165, 1.54) is 24.3 Å². The molecule has 26 heavy (non-hydrogen) atoms. The van der Waals surface area contributed by atoms with Gasteiger partial charge in [-0.15, -0.1) is 0 Å². The summed E-state index contributed by atoms with van der Waals surface area (Å²) in [6.07, 6.45) is 0. The fraction of sp³-hybridized carbons (Fsp3) is 0.353. The SMILES string of the molecule is CCOC(=O)c1sc(NC(=O)c2cccc(S(=O)(=O)C(C)C)c2)nc1C. The predicted molar refractivity (Wildman–Crippen MR) is 99.5 cm³/mol. The van der Waals surface area contributed by atoms with Gasteiger partial charge in [-0.2, -0.15) is 0 Å². The number of nitrogens with one attached hydrogen (secondary N) is 1. The molecule has 9 heteroatoms. The lowest BCUT2D eigenvalue weighted by molar-refractivity contribution is 0.0531. The van der Waals surface area contributed by atoms with Gasteiger partial charge in [0.05, 0.1) is 22.4 Å². The molecule has 0 aliphatic rings. The molecule has 0 atom stereocenters. The van der Waals surface area contributed by atoms with E-state index in [0.29, 0.717) is 10.6 Å². The van der Waals surface area contributed by atoms with Crippen LogP contribution < -0.4 is 5.32 Å². The number of rotatable bonds is 6. The third-order valence-corrected chi connectivity index (χ3v) is 6.73. The average molecular weight is 396 g/mol. The summed E-state index contributed by atoms with van der Waals surface area (Å²) in [5, 5.41) is 2.25. The number of hydrogen-bond acceptors (Lipinski definition) is 7. The topological polar surface area (TPSA) is 102 Å². The molecular weight excluding hydrogens is 376 g/mol. The molecule has 0 aliphatic heterocycles. The molecule has 1 N–H and O–H groups in total. The number of esters is 1. The maximum Gasteiger partial charge on any atom is 0.350 e. The van der Waals surface area contributed by atoms with E-state index >= 15 is 0 Å². The van der Waals surface area contributed by atoms with Crippen molar-refractivity contribution >= 4 is 38.2 Å². The quantitative estimate of drug-likeness (QED) is 0.753. The lowest BCUT2D eigenvalue weighted by Gasteiger charge is -2.09. The van der Waals surface area contributed by atoms with Crippen LogP contribution >= 0.6 is 11.3 Å². The molecule has 0 saturated carbocycles. The Morgan fingerprint density at radius 2 is 2.00 bits per heavy atom. The number of thiazole rings is 1. The molecule has 0 radical (unpaired) electrons. The Bertz CT molecular complexity index is 932. The van der Waals surface area contributed by atoms with E-state index in [2.05, 4.69) is 10.3 Å². The van der Waals surface area contributed by atoms with Crippen molar-refractivity contribution in [2.24, 2.45) is 0 Å². The predicted octanol–water partition coefficient (Wildman–Crippen LogP) is 3.06. The van der Waals surface area contributed by atoms with Crippen molar-refractivity contribution in [1.82, 2.24) is 4.98 Å². The van der Waals surface area contributed by atoms with Gasteiger partial charge < -0.3 is 4.74 Å². The molecule has 1 aromatic carbocycles. The van der Waals surface area contributed by atoms with Crippen LogP contribution in [0.1, 0.15) is 46.5 Å². The molecular formula is C17H20N2O5S2. The summed E-state index contributed by atoms with van der Waals surface area (Å²) >= 11 is 1.01. The molecule has 1 aromatic heterocycles. The first kappa shape index (κ1) is 20.1. The second-order valence-electron chi connectivity index (χ2n) is 5.73. The number of nitrogens with zero attached hydrogens (tertiary/aromatic N) is 1. The van der Waals surface area contributed by atoms with Crippen LogP contribution in [0.25, 0.3) is 0 Å². The van der Waals surface area contributed by atoms with Gasteiger partial charge in [-0.25, -0.2) is 18.2 Å². The first-order valence-electron chi connectivity index (χ1n) is 7.96. The zero-order valence-corrected chi connectivity index (χ0v) is 16.5. The zero-order chi connectivity index (χ0) is 19.5. The zero-order valence-electron chi connectivity index (χ0n) is 14.9. The molecule has 1 amide bonds. The smallest absolute Gasteiger partial charge is 0.350 e. The second-order valence-corrected chi connectivity index (χ2v) is 9.23.